The number of benzene rings is 1. The summed E-state index contributed by atoms with van der Waals surface area (Å²) in [6.07, 6.45) is 4.32. The molecule has 1 atom stereocenters. The fraction of sp³-hybridized carbons (Fsp3) is 0.368. The fourth-order valence-electron chi connectivity index (χ4n) is 3.65. The molecule has 0 unspecified atom stereocenters. The Balaban J connectivity index is 1.42. The Labute approximate surface area is 165 Å². The summed E-state index contributed by atoms with van der Waals surface area (Å²) in [5, 5.41) is 13.2. The Kier molecular flexibility index (Phi) is 3.97. The first-order valence-electron chi connectivity index (χ1n) is 9.27. The van der Waals surface area contributed by atoms with E-state index < -0.39 is 5.82 Å². The molecule has 0 radical (unpaired) electrons. The van der Waals surface area contributed by atoms with Gasteiger partial charge in [-0.25, -0.2) is 4.39 Å². The smallest absolute Gasteiger partial charge is 0.254 e. The Morgan fingerprint density at radius 3 is 2.79 bits per heavy atom. The molecule has 1 saturated carbocycles. The highest BCUT2D eigenvalue weighted by Gasteiger charge is 2.33. The van der Waals surface area contributed by atoms with E-state index in [4.69, 9.17) is 11.6 Å². The Morgan fingerprint density at radius 1 is 1.21 bits per heavy atom. The largest absolute Gasteiger partial charge is 0.327 e. The SMILES string of the molecule is C[C@@H]1c2nnc(-c3ccn(C4CC4)n3)n2CCN1C(=O)c1ccc(F)c(Cl)c1. The van der Waals surface area contributed by atoms with Gasteiger partial charge >= 0.3 is 0 Å². The molecular formula is C19H18ClFN6O. The van der Waals surface area contributed by atoms with Gasteiger partial charge in [-0.05, 0) is 44.0 Å². The number of hydrogen-bond acceptors (Lipinski definition) is 4. The number of fused-ring (bicyclic) bond motifs is 1. The number of hydrogen-bond donors (Lipinski definition) is 0. The molecule has 1 aromatic carbocycles. The van der Waals surface area contributed by atoms with Crippen molar-refractivity contribution in [2.24, 2.45) is 0 Å². The molecule has 144 valence electrons. The van der Waals surface area contributed by atoms with Gasteiger partial charge in [0, 0.05) is 24.8 Å². The molecule has 1 aliphatic heterocycles. The van der Waals surface area contributed by atoms with Crippen molar-refractivity contribution in [1.29, 1.82) is 0 Å². The number of halogens is 2. The lowest BCUT2D eigenvalue weighted by Gasteiger charge is -2.33. The van der Waals surface area contributed by atoms with Gasteiger partial charge in [0.2, 0.25) is 0 Å². The van der Waals surface area contributed by atoms with Crippen LogP contribution in [-0.2, 0) is 6.54 Å². The van der Waals surface area contributed by atoms with Crippen LogP contribution in [-0.4, -0.2) is 41.9 Å². The van der Waals surface area contributed by atoms with Crippen molar-refractivity contribution in [1.82, 2.24) is 29.4 Å². The Bertz CT molecular complexity index is 1070. The summed E-state index contributed by atoms with van der Waals surface area (Å²) in [6.45, 7) is 2.98. The first-order valence-corrected chi connectivity index (χ1v) is 9.65. The van der Waals surface area contributed by atoms with Crippen molar-refractivity contribution in [3.05, 3.63) is 52.7 Å². The predicted molar refractivity (Wildman–Crippen MR) is 100 cm³/mol. The van der Waals surface area contributed by atoms with Crippen LogP contribution in [0.15, 0.2) is 30.5 Å². The highest BCUT2D eigenvalue weighted by atomic mass is 35.5. The molecule has 0 bridgehead atoms. The Morgan fingerprint density at radius 2 is 2.04 bits per heavy atom. The summed E-state index contributed by atoms with van der Waals surface area (Å²) in [4.78, 5) is 14.6. The fourth-order valence-corrected chi connectivity index (χ4v) is 3.83. The van der Waals surface area contributed by atoms with Crippen LogP contribution in [0, 0.1) is 5.82 Å². The standard InChI is InChI=1S/C19H18ClFN6O/c1-11-17-22-23-18(16-6-7-27(24-16)13-3-4-13)26(17)9-8-25(11)19(28)12-2-5-15(21)14(20)10-12/h2,5-7,10-11,13H,3-4,8-9H2,1H3/t11-/m1/s1. The first kappa shape index (κ1) is 17.4. The van der Waals surface area contributed by atoms with E-state index in [1.165, 1.54) is 31.0 Å². The van der Waals surface area contributed by atoms with E-state index in [-0.39, 0.29) is 17.0 Å². The minimum atomic E-state index is -0.542. The quantitative estimate of drug-likeness (QED) is 0.675. The molecule has 1 amide bonds. The maximum absolute atomic E-state index is 13.4. The summed E-state index contributed by atoms with van der Waals surface area (Å²) in [5.74, 6) is 0.685. The van der Waals surface area contributed by atoms with Crippen LogP contribution in [0.1, 0.15) is 48.0 Å². The number of carbonyl (C=O) groups is 1. The van der Waals surface area contributed by atoms with Gasteiger partial charge in [-0.2, -0.15) is 5.10 Å². The third kappa shape index (κ3) is 2.79. The van der Waals surface area contributed by atoms with E-state index in [1.54, 1.807) is 4.90 Å². The van der Waals surface area contributed by atoms with E-state index in [2.05, 4.69) is 15.3 Å². The summed E-state index contributed by atoms with van der Waals surface area (Å²) in [6, 6.07) is 6.22. The van der Waals surface area contributed by atoms with Crippen LogP contribution in [0.2, 0.25) is 5.02 Å². The van der Waals surface area contributed by atoms with E-state index in [0.717, 1.165) is 11.5 Å². The molecule has 2 aliphatic rings. The third-order valence-electron chi connectivity index (χ3n) is 5.37. The van der Waals surface area contributed by atoms with Crippen molar-refractivity contribution < 1.29 is 9.18 Å². The van der Waals surface area contributed by atoms with Gasteiger partial charge in [-0.15, -0.1) is 10.2 Å². The van der Waals surface area contributed by atoms with Crippen LogP contribution in [0.4, 0.5) is 4.39 Å². The lowest BCUT2D eigenvalue weighted by molar-refractivity contribution is 0.0638. The van der Waals surface area contributed by atoms with Crippen molar-refractivity contribution in [3.8, 4) is 11.5 Å². The van der Waals surface area contributed by atoms with Crippen LogP contribution < -0.4 is 0 Å². The zero-order valence-electron chi connectivity index (χ0n) is 15.2. The van der Waals surface area contributed by atoms with E-state index in [0.29, 0.717) is 30.5 Å². The summed E-state index contributed by atoms with van der Waals surface area (Å²) in [5.41, 5.74) is 1.15. The van der Waals surface area contributed by atoms with Crippen molar-refractivity contribution in [3.63, 3.8) is 0 Å². The van der Waals surface area contributed by atoms with Crippen molar-refractivity contribution >= 4 is 17.5 Å². The molecule has 3 heterocycles. The number of carbonyl (C=O) groups excluding carboxylic acids is 1. The Hall–Kier alpha value is -2.74. The van der Waals surface area contributed by atoms with Gasteiger partial charge in [0.05, 0.1) is 17.1 Å². The number of nitrogens with zero attached hydrogens (tertiary/aromatic N) is 6. The zero-order valence-corrected chi connectivity index (χ0v) is 16.0. The second kappa shape index (κ2) is 6.41. The zero-order chi connectivity index (χ0) is 19.4. The third-order valence-corrected chi connectivity index (χ3v) is 5.66. The van der Waals surface area contributed by atoms with Crippen LogP contribution >= 0.6 is 11.6 Å². The molecule has 1 fully saturated rings. The van der Waals surface area contributed by atoms with Crippen molar-refractivity contribution in [2.75, 3.05) is 6.54 Å². The molecule has 28 heavy (non-hydrogen) atoms. The topological polar surface area (TPSA) is 68.8 Å². The molecule has 0 saturated heterocycles. The minimum absolute atomic E-state index is 0.0628. The normalized spacial score (nSPS) is 19.0. The summed E-state index contributed by atoms with van der Waals surface area (Å²) >= 11 is 5.83. The van der Waals surface area contributed by atoms with E-state index >= 15 is 0 Å². The molecule has 2 aromatic heterocycles. The maximum atomic E-state index is 13.4. The highest BCUT2D eigenvalue weighted by molar-refractivity contribution is 6.31. The second-order valence-corrected chi connectivity index (χ2v) is 7.66. The number of amides is 1. The van der Waals surface area contributed by atoms with Crippen LogP contribution in [0.3, 0.4) is 0 Å². The molecule has 5 rings (SSSR count). The van der Waals surface area contributed by atoms with E-state index in [9.17, 15) is 9.18 Å². The van der Waals surface area contributed by atoms with Gasteiger partial charge in [-0.1, -0.05) is 11.6 Å². The molecule has 3 aromatic rings. The molecule has 9 heteroatoms. The van der Waals surface area contributed by atoms with E-state index in [1.807, 2.05) is 28.4 Å². The number of rotatable bonds is 3. The minimum Gasteiger partial charge on any atom is -0.327 e. The second-order valence-electron chi connectivity index (χ2n) is 7.25. The monoisotopic (exact) mass is 400 g/mol. The van der Waals surface area contributed by atoms with Gasteiger partial charge in [0.1, 0.15) is 11.5 Å². The van der Waals surface area contributed by atoms with Crippen molar-refractivity contribution in [2.45, 2.75) is 38.4 Å². The lowest BCUT2D eigenvalue weighted by Crippen LogP contribution is -2.41. The molecule has 7 nitrogen and oxygen atoms in total. The average molecular weight is 401 g/mol. The first-order chi connectivity index (χ1) is 13.5. The summed E-state index contributed by atoms with van der Waals surface area (Å²) < 4.78 is 17.4. The number of aromatic nitrogens is 5. The highest BCUT2D eigenvalue weighted by Crippen LogP contribution is 2.35. The summed E-state index contributed by atoms with van der Waals surface area (Å²) in [7, 11) is 0. The van der Waals surface area contributed by atoms with Gasteiger partial charge in [0.15, 0.2) is 11.6 Å². The molecule has 0 spiro atoms. The average Bonchev–Trinajstić information content (AvgIpc) is 3.25. The molecule has 0 N–H and O–H groups in total. The maximum Gasteiger partial charge on any atom is 0.254 e. The molecule has 1 aliphatic carbocycles. The van der Waals surface area contributed by atoms with Gasteiger partial charge in [0.25, 0.3) is 5.91 Å². The molecular weight excluding hydrogens is 383 g/mol. The van der Waals surface area contributed by atoms with Crippen LogP contribution in [0.25, 0.3) is 11.5 Å². The predicted octanol–water partition coefficient (Wildman–Crippen LogP) is 3.49. The lowest BCUT2D eigenvalue weighted by atomic mass is 10.1. The van der Waals surface area contributed by atoms with Gasteiger partial charge < -0.3 is 9.47 Å². The van der Waals surface area contributed by atoms with Crippen LogP contribution in [0.5, 0.6) is 0 Å². The van der Waals surface area contributed by atoms with Gasteiger partial charge in [-0.3, -0.25) is 9.48 Å².